The molecule has 20 nitrogen and oxygen atoms in total. The van der Waals surface area contributed by atoms with Gasteiger partial charge in [0.15, 0.2) is 12.6 Å². The van der Waals surface area contributed by atoms with E-state index in [0.717, 1.165) is 0 Å². The number of hydrogen-bond acceptors (Lipinski definition) is 16. The number of nitrogens with two attached hydrogens (primary N) is 1. The number of rotatable bonds is 10. The number of nitrogens with one attached hydrogen (secondary N) is 4. The number of aliphatic hydroxyl groups is 4. The van der Waals surface area contributed by atoms with Crippen molar-refractivity contribution in [2.24, 2.45) is 5.73 Å². The van der Waals surface area contributed by atoms with Gasteiger partial charge in [-0.25, -0.2) is 14.4 Å². The predicted octanol–water partition coefficient (Wildman–Crippen LogP) is 0.151. The summed E-state index contributed by atoms with van der Waals surface area (Å²) in [5.74, 6) is -2.51. The zero-order valence-corrected chi connectivity index (χ0v) is 34.0. The lowest BCUT2D eigenvalue weighted by Gasteiger charge is -2.48. The topological polar surface area (TPSA) is 288 Å². The van der Waals surface area contributed by atoms with E-state index < -0.39 is 133 Å². The molecule has 336 valence electrons. The summed E-state index contributed by atoms with van der Waals surface area (Å²) in [6, 6.07) is -5.43. The molecule has 3 aliphatic rings. The van der Waals surface area contributed by atoms with Crippen molar-refractivity contribution in [3.05, 3.63) is 0 Å². The molecule has 3 fully saturated rings. The number of amides is 4. The van der Waals surface area contributed by atoms with Crippen molar-refractivity contribution in [2.75, 3.05) is 13.2 Å². The smallest absolute Gasteiger partial charge is 0.444 e. The van der Waals surface area contributed by atoms with Crippen LogP contribution in [0.1, 0.15) is 81.6 Å². The molecule has 2 saturated heterocycles. The normalized spacial score (nSPS) is 33.6. The maximum Gasteiger partial charge on any atom is 0.471 e. The van der Waals surface area contributed by atoms with Crippen LogP contribution < -0.4 is 27.0 Å². The summed E-state index contributed by atoms with van der Waals surface area (Å²) in [5.41, 5.74) is 3.77. The molecule has 2 heterocycles. The minimum absolute atomic E-state index is 0.0713. The van der Waals surface area contributed by atoms with Crippen LogP contribution in [-0.4, -0.2) is 160 Å². The first-order chi connectivity index (χ1) is 26.5. The fourth-order valence-electron chi connectivity index (χ4n) is 6.35. The van der Waals surface area contributed by atoms with Crippen molar-refractivity contribution in [1.82, 2.24) is 21.3 Å². The van der Waals surface area contributed by atoms with Crippen LogP contribution in [0.4, 0.5) is 27.6 Å². The Morgan fingerprint density at radius 1 is 0.690 bits per heavy atom. The van der Waals surface area contributed by atoms with Crippen molar-refractivity contribution in [3.8, 4) is 0 Å². The van der Waals surface area contributed by atoms with E-state index in [1.807, 2.05) is 0 Å². The van der Waals surface area contributed by atoms with Crippen LogP contribution in [0.15, 0.2) is 0 Å². The first-order valence-electron chi connectivity index (χ1n) is 18.8. The maximum atomic E-state index is 13.1. The molecule has 0 aromatic rings. The van der Waals surface area contributed by atoms with E-state index in [1.54, 1.807) is 62.3 Å². The Morgan fingerprint density at radius 3 is 1.72 bits per heavy atom. The molecule has 58 heavy (non-hydrogen) atoms. The molecule has 10 N–H and O–H groups in total. The van der Waals surface area contributed by atoms with Crippen LogP contribution in [0.2, 0.25) is 0 Å². The van der Waals surface area contributed by atoms with E-state index in [-0.39, 0.29) is 25.8 Å². The quantitative estimate of drug-likeness (QED) is 0.132. The molecular weight excluding hydrogens is 787 g/mol. The number of carbonyl (C=O) groups excluding carboxylic acids is 4. The number of alkyl carbamates (subject to hydrolysis) is 3. The Bertz CT molecular complexity index is 1410. The zero-order chi connectivity index (χ0) is 44.1. The molecule has 6 unspecified atom stereocenters. The van der Waals surface area contributed by atoms with Gasteiger partial charge >= 0.3 is 30.4 Å². The summed E-state index contributed by atoms with van der Waals surface area (Å²) in [6.45, 7) is 13.7. The van der Waals surface area contributed by atoms with Gasteiger partial charge in [-0.05, 0) is 81.6 Å². The molecule has 13 atom stereocenters. The third-order valence-corrected chi connectivity index (χ3v) is 8.77. The van der Waals surface area contributed by atoms with Gasteiger partial charge in [-0.2, -0.15) is 13.2 Å². The van der Waals surface area contributed by atoms with Crippen LogP contribution in [-0.2, 0) is 38.0 Å². The second kappa shape index (κ2) is 19.4. The van der Waals surface area contributed by atoms with Gasteiger partial charge < -0.3 is 80.6 Å². The molecule has 0 aromatic carbocycles. The van der Waals surface area contributed by atoms with Crippen LogP contribution in [0.25, 0.3) is 0 Å². The zero-order valence-electron chi connectivity index (χ0n) is 34.0. The Hall–Kier alpha value is -3.29. The van der Waals surface area contributed by atoms with E-state index in [9.17, 15) is 52.8 Å². The average Bonchev–Trinajstić information content (AvgIpc) is 3.04. The molecular formula is C35H60F3N5O15. The Labute approximate surface area is 334 Å². The lowest BCUT2D eigenvalue weighted by Crippen LogP contribution is -2.70. The van der Waals surface area contributed by atoms with Gasteiger partial charge in [-0.3, -0.25) is 4.79 Å². The molecule has 3 rings (SSSR count). The van der Waals surface area contributed by atoms with Gasteiger partial charge in [0, 0.05) is 12.6 Å². The Morgan fingerprint density at radius 2 is 1.21 bits per heavy atom. The minimum Gasteiger partial charge on any atom is -0.444 e. The third kappa shape index (κ3) is 14.8. The van der Waals surface area contributed by atoms with Crippen LogP contribution in [0.5, 0.6) is 0 Å². The average molecular weight is 848 g/mol. The number of ether oxygens (including phenoxy) is 7. The van der Waals surface area contributed by atoms with Gasteiger partial charge in [0.2, 0.25) is 0 Å². The molecule has 4 amide bonds. The molecule has 23 heteroatoms. The van der Waals surface area contributed by atoms with E-state index in [1.165, 1.54) is 5.32 Å². The van der Waals surface area contributed by atoms with Crippen LogP contribution >= 0.6 is 0 Å². The molecule has 1 saturated carbocycles. The van der Waals surface area contributed by atoms with E-state index >= 15 is 0 Å². The number of carbonyl (C=O) groups is 4. The minimum atomic E-state index is -5.41. The summed E-state index contributed by atoms with van der Waals surface area (Å²) in [7, 11) is 0. The van der Waals surface area contributed by atoms with Gasteiger partial charge in [0.05, 0.1) is 30.8 Å². The molecule has 2 aliphatic heterocycles. The summed E-state index contributed by atoms with van der Waals surface area (Å²) >= 11 is 0. The van der Waals surface area contributed by atoms with E-state index in [0.29, 0.717) is 0 Å². The van der Waals surface area contributed by atoms with Crippen LogP contribution in [0, 0.1) is 0 Å². The van der Waals surface area contributed by atoms with Crippen molar-refractivity contribution in [3.63, 3.8) is 0 Å². The molecule has 0 aromatic heterocycles. The number of alkyl halides is 3. The van der Waals surface area contributed by atoms with E-state index in [2.05, 4.69) is 16.0 Å². The molecule has 0 radical (unpaired) electrons. The summed E-state index contributed by atoms with van der Waals surface area (Å²) < 4.78 is 79.4. The number of aliphatic hydroxyl groups excluding tert-OH is 4. The highest BCUT2D eigenvalue weighted by Gasteiger charge is 2.53. The maximum absolute atomic E-state index is 13.1. The van der Waals surface area contributed by atoms with E-state index in [4.69, 9.17) is 38.9 Å². The largest absolute Gasteiger partial charge is 0.471 e. The highest BCUT2D eigenvalue weighted by atomic mass is 19.4. The monoisotopic (exact) mass is 847 g/mol. The second-order valence-electron chi connectivity index (χ2n) is 17.4. The fraction of sp³-hybridized carbons (Fsp3) is 0.886. The highest BCUT2D eigenvalue weighted by molar-refractivity contribution is 5.82. The van der Waals surface area contributed by atoms with Gasteiger partial charge in [-0.1, -0.05) is 0 Å². The third-order valence-electron chi connectivity index (χ3n) is 8.77. The van der Waals surface area contributed by atoms with Crippen molar-refractivity contribution in [1.29, 1.82) is 0 Å². The highest BCUT2D eigenvalue weighted by Crippen LogP contribution is 2.33. The predicted molar refractivity (Wildman–Crippen MR) is 193 cm³/mol. The van der Waals surface area contributed by atoms with Crippen molar-refractivity contribution < 1.29 is 85.9 Å². The van der Waals surface area contributed by atoms with Gasteiger partial charge in [0.25, 0.3) is 0 Å². The molecule has 0 bridgehead atoms. The number of halogens is 3. The number of hydrogen-bond donors (Lipinski definition) is 9. The first kappa shape index (κ1) is 49.1. The van der Waals surface area contributed by atoms with Crippen molar-refractivity contribution in [2.45, 2.75) is 184 Å². The summed E-state index contributed by atoms with van der Waals surface area (Å²) in [4.78, 5) is 50.2. The van der Waals surface area contributed by atoms with Gasteiger partial charge in [0.1, 0.15) is 53.4 Å². The fourth-order valence-corrected chi connectivity index (χ4v) is 6.35. The molecule has 0 spiro atoms. The summed E-state index contributed by atoms with van der Waals surface area (Å²) in [5, 5.41) is 52.6. The lowest BCUT2D eigenvalue weighted by molar-refractivity contribution is -0.316. The lowest BCUT2D eigenvalue weighted by atomic mass is 9.83. The van der Waals surface area contributed by atoms with Crippen LogP contribution in [0.3, 0.4) is 0 Å². The second-order valence-corrected chi connectivity index (χ2v) is 17.4. The first-order valence-corrected chi connectivity index (χ1v) is 18.8. The Kier molecular flexibility index (Phi) is 16.4. The summed E-state index contributed by atoms with van der Waals surface area (Å²) in [6.07, 6.45) is -22.8. The Balaban J connectivity index is 1.96. The SMILES string of the molecule is CC(C)(C)OC(=O)NCC1CCC(NC(=O)OC(C)(C)C)[C@H](OC2C(O)[C@H](O[C@@H]3OC(CO)[C@H](O)[C@H](NC(=O)C(F)(F)F)C3O)[C@H](N)C[C@@H]2NC(=O)OC(C)(C)C)O1. The van der Waals surface area contributed by atoms with Crippen molar-refractivity contribution >= 4 is 24.2 Å². The molecule has 1 aliphatic carbocycles. The van der Waals surface area contributed by atoms with Gasteiger partial charge in [-0.15, -0.1) is 0 Å². The standard InChI is InChI=1S/C35H60F3N5O15/c1-32(2,3)56-29(49)40-13-15-10-11-17(41-30(50)57-33(4,5)6)26(52-15)55-25-18(42-31(51)58-34(7,8)9)12-16(39)24(23(25)47)54-27-22(46)20(21(45)19(14-44)53-27)43-28(48)35(36,37)38/h15-27,44-47H,10-14,39H2,1-9H3,(H,40,49)(H,41,50)(H,42,51)(H,43,48)/t15?,16-,17?,18+,19?,20+,21+,22?,23?,24-,25?,26+,27+/m1/s1.